The third-order valence-electron chi connectivity index (χ3n) is 6.61. The summed E-state index contributed by atoms with van der Waals surface area (Å²) in [6.07, 6.45) is 9.07. The maximum Gasteiger partial charge on any atom is 0.307 e. The summed E-state index contributed by atoms with van der Waals surface area (Å²) in [6, 6.07) is 10.5. The molecule has 1 saturated carbocycles. The van der Waals surface area contributed by atoms with Gasteiger partial charge in [-0.15, -0.1) is 0 Å². The number of likely N-dealkylation sites (tertiary alicyclic amines) is 1. The van der Waals surface area contributed by atoms with Crippen molar-refractivity contribution in [3.8, 4) is 0 Å². The van der Waals surface area contributed by atoms with Gasteiger partial charge in [0.05, 0.1) is 11.8 Å². The van der Waals surface area contributed by atoms with Gasteiger partial charge in [-0.2, -0.15) is 0 Å². The van der Waals surface area contributed by atoms with Crippen LogP contribution in [0.2, 0.25) is 0 Å². The average molecular weight is 353 g/mol. The highest BCUT2D eigenvalue weighted by Gasteiger charge is 2.49. The van der Waals surface area contributed by atoms with E-state index in [0.717, 1.165) is 45.2 Å². The Morgan fingerprint density at radius 1 is 0.923 bits per heavy atom. The molecule has 1 heterocycles. The minimum atomic E-state index is -0.804. The van der Waals surface area contributed by atoms with Crippen LogP contribution in [0.1, 0.15) is 31.2 Å². The van der Waals surface area contributed by atoms with Gasteiger partial charge in [-0.25, -0.2) is 0 Å². The minimum Gasteiger partial charge on any atom is -0.481 e. The first-order valence-corrected chi connectivity index (χ1v) is 9.87. The number of nitrogens with zero attached hydrogens (tertiary/aromatic N) is 1. The van der Waals surface area contributed by atoms with Crippen LogP contribution in [0.25, 0.3) is 0 Å². The van der Waals surface area contributed by atoms with E-state index in [1.807, 2.05) is 17.0 Å². The van der Waals surface area contributed by atoms with Crippen LogP contribution in [0.4, 0.5) is 0 Å². The van der Waals surface area contributed by atoms with E-state index >= 15 is 0 Å². The van der Waals surface area contributed by atoms with Crippen LogP contribution in [-0.4, -0.2) is 35.0 Å². The van der Waals surface area contributed by atoms with E-state index < -0.39 is 11.9 Å². The highest BCUT2D eigenvalue weighted by Crippen LogP contribution is 2.46. The molecule has 1 N–H and O–H groups in total. The fraction of sp³-hybridized carbons (Fsp3) is 0.545. The molecule has 4 aliphatic rings. The lowest BCUT2D eigenvalue weighted by atomic mass is 9.61. The van der Waals surface area contributed by atoms with Gasteiger partial charge in [-0.05, 0) is 55.4 Å². The first-order chi connectivity index (χ1) is 12.6. The Kier molecular flexibility index (Phi) is 4.84. The van der Waals surface area contributed by atoms with E-state index in [1.54, 1.807) is 0 Å². The number of rotatable bonds is 4. The van der Waals surface area contributed by atoms with E-state index in [9.17, 15) is 14.7 Å². The monoisotopic (exact) mass is 353 g/mol. The number of carboxylic acid groups (broad SMARTS) is 1. The number of carbonyl (C=O) groups is 2. The van der Waals surface area contributed by atoms with E-state index in [4.69, 9.17) is 0 Å². The molecule has 5 rings (SSSR count). The quantitative estimate of drug-likeness (QED) is 0.844. The van der Waals surface area contributed by atoms with Gasteiger partial charge in [-0.3, -0.25) is 9.59 Å². The average Bonchev–Trinajstić information content (AvgIpc) is 2.69. The molecule has 0 spiro atoms. The number of hydrogen-bond acceptors (Lipinski definition) is 2. The molecule has 0 unspecified atom stereocenters. The number of amides is 1. The van der Waals surface area contributed by atoms with Gasteiger partial charge < -0.3 is 10.0 Å². The van der Waals surface area contributed by atoms with Crippen LogP contribution < -0.4 is 0 Å². The molecule has 4 atom stereocenters. The van der Waals surface area contributed by atoms with Crippen LogP contribution in [0.15, 0.2) is 42.5 Å². The molecule has 138 valence electrons. The molecule has 26 heavy (non-hydrogen) atoms. The smallest absolute Gasteiger partial charge is 0.307 e. The standard InChI is InChI=1S/C22H27NO3/c24-21(19-17-6-8-18(9-7-17)20(19)22(25)26)23-12-10-16(11-13-23)14-15-4-2-1-3-5-15/h1-6,8,16-20H,7,9-14H2,(H,25,26)/t17-,18+,19-,20+/m1/s1. The van der Waals surface area contributed by atoms with Gasteiger partial charge in [0.15, 0.2) is 0 Å². The van der Waals surface area contributed by atoms with Crippen LogP contribution >= 0.6 is 0 Å². The summed E-state index contributed by atoms with van der Waals surface area (Å²) in [5, 5.41) is 9.68. The van der Waals surface area contributed by atoms with E-state index in [1.165, 1.54) is 5.56 Å². The summed E-state index contributed by atoms with van der Waals surface area (Å²) >= 11 is 0. The maximum atomic E-state index is 13.2. The zero-order valence-corrected chi connectivity index (χ0v) is 15.1. The fourth-order valence-corrected chi connectivity index (χ4v) is 5.18. The number of aliphatic carboxylic acids is 1. The SMILES string of the molecule is O=C(O)[C@@H]1[C@H](C(=O)N2CCC(Cc3ccccc3)CC2)[C@@H]2C=C[C@H]1CC2. The Labute approximate surface area is 154 Å². The topological polar surface area (TPSA) is 57.6 Å². The Hall–Kier alpha value is -2.10. The highest BCUT2D eigenvalue weighted by molar-refractivity contribution is 5.86. The molecule has 1 aliphatic heterocycles. The minimum absolute atomic E-state index is 0.0297. The van der Waals surface area contributed by atoms with Crippen molar-refractivity contribution in [2.45, 2.75) is 32.1 Å². The van der Waals surface area contributed by atoms with Crippen LogP contribution in [-0.2, 0) is 16.0 Å². The van der Waals surface area contributed by atoms with Crippen molar-refractivity contribution >= 4 is 11.9 Å². The zero-order valence-electron chi connectivity index (χ0n) is 15.1. The van der Waals surface area contributed by atoms with Crippen LogP contribution in [0.5, 0.6) is 0 Å². The third kappa shape index (κ3) is 3.29. The van der Waals surface area contributed by atoms with Crippen molar-refractivity contribution in [3.05, 3.63) is 48.0 Å². The molecule has 4 nitrogen and oxygen atoms in total. The van der Waals surface area contributed by atoms with E-state index in [-0.39, 0.29) is 23.7 Å². The summed E-state index contributed by atoms with van der Waals surface area (Å²) < 4.78 is 0. The Morgan fingerprint density at radius 3 is 2.12 bits per heavy atom. The third-order valence-corrected chi connectivity index (χ3v) is 6.61. The molecule has 2 fully saturated rings. The summed E-state index contributed by atoms with van der Waals surface area (Å²) in [6.45, 7) is 1.53. The molecule has 2 bridgehead atoms. The predicted octanol–water partition coefficient (Wildman–Crippen LogP) is 3.38. The number of carbonyl (C=O) groups excluding carboxylic acids is 1. The molecule has 1 saturated heterocycles. The number of fused-ring (bicyclic) bond motifs is 2. The van der Waals surface area contributed by atoms with Crippen molar-refractivity contribution in [1.29, 1.82) is 0 Å². The van der Waals surface area contributed by atoms with Crippen molar-refractivity contribution in [2.75, 3.05) is 13.1 Å². The summed E-state index contributed by atoms with van der Waals surface area (Å²) in [7, 11) is 0. The van der Waals surface area contributed by atoms with Gasteiger partial charge in [0.25, 0.3) is 0 Å². The van der Waals surface area contributed by atoms with Crippen molar-refractivity contribution in [1.82, 2.24) is 4.90 Å². The van der Waals surface area contributed by atoms with Crippen LogP contribution in [0.3, 0.4) is 0 Å². The van der Waals surface area contributed by atoms with Gasteiger partial charge in [0.1, 0.15) is 0 Å². The van der Waals surface area contributed by atoms with Crippen LogP contribution in [0, 0.1) is 29.6 Å². The second-order valence-electron chi connectivity index (χ2n) is 8.14. The Bertz CT molecular complexity index is 691. The number of allylic oxidation sites excluding steroid dienone is 2. The maximum absolute atomic E-state index is 13.2. The molecule has 0 radical (unpaired) electrons. The lowest BCUT2D eigenvalue weighted by molar-refractivity contribution is -0.157. The lowest BCUT2D eigenvalue weighted by Gasteiger charge is -2.44. The molecule has 0 aromatic heterocycles. The summed E-state index contributed by atoms with van der Waals surface area (Å²) in [5.41, 5.74) is 1.36. The van der Waals surface area contributed by atoms with Gasteiger partial charge >= 0.3 is 5.97 Å². The van der Waals surface area contributed by atoms with E-state index in [0.29, 0.717) is 5.92 Å². The highest BCUT2D eigenvalue weighted by atomic mass is 16.4. The van der Waals surface area contributed by atoms with Gasteiger partial charge in [0, 0.05) is 13.1 Å². The second-order valence-corrected chi connectivity index (χ2v) is 8.14. The molecular weight excluding hydrogens is 326 g/mol. The molecule has 4 heteroatoms. The summed E-state index contributed by atoms with van der Waals surface area (Å²) in [5.74, 6) is -0.872. The van der Waals surface area contributed by atoms with Gasteiger partial charge in [0.2, 0.25) is 5.91 Å². The number of piperidine rings is 1. The normalized spacial score (nSPS) is 31.2. The molecular formula is C22H27NO3. The van der Waals surface area contributed by atoms with Gasteiger partial charge in [-0.1, -0.05) is 42.5 Å². The predicted molar refractivity (Wildman–Crippen MR) is 99.4 cm³/mol. The largest absolute Gasteiger partial charge is 0.481 e. The lowest BCUT2D eigenvalue weighted by Crippen LogP contribution is -2.51. The number of hydrogen-bond donors (Lipinski definition) is 1. The zero-order chi connectivity index (χ0) is 18.1. The number of carboxylic acids is 1. The first-order valence-electron chi connectivity index (χ1n) is 9.87. The summed E-state index contributed by atoms with van der Waals surface area (Å²) in [4.78, 5) is 26.9. The molecule has 3 aliphatic carbocycles. The van der Waals surface area contributed by atoms with Crippen molar-refractivity contribution in [2.24, 2.45) is 29.6 Å². The van der Waals surface area contributed by atoms with Crippen molar-refractivity contribution < 1.29 is 14.7 Å². The Balaban J connectivity index is 1.39. The van der Waals surface area contributed by atoms with Crippen molar-refractivity contribution in [3.63, 3.8) is 0 Å². The Morgan fingerprint density at radius 2 is 1.54 bits per heavy atom. The molecule has 1 aromatic carbocycles. The van der Waals surface area contributed by atoms with E-state index in [2.05, 4.69) is 30.3 Å². The molecule has 1 aromatic rings. The number of benzene rings is 1. The first kappa shape index (κ1) is 17.3. The second kappa shape index (κ2) is 7.26. The molecule has 1 amide bonds. The fourth-order valence-electron chi connectivity index (χ4n) is 5.18.